The number of aliphatic hydroxyl groups is 1. The topological polar surface area (TPSA) is 200 Å². The third kappa shape index (κ3) is 5.73. The van der Waals surface area contributed by atoms with Crippen LogP contribution in [0.2, 0.25) is 0 Å². The molecular formula is C16H25N7O6. The van der Waals surface area contributed by atoms with Crippen LogP contribution in [0.4, 0.5) is 5.95 Å². The van der Waals surface area contributed by atoms with Gasteiger partial charge in [0.15, 0.2) is 11.2 Å². The molecule has 0 bridgehead atoms. The Morgan fingerprint density at radius 3 is 2.76 bits per heavy atom. The van der Waals surface area contributed by atoms with Crippen molar-refractivity contribution in [1.29, 1.82) is 0 Å². The Morgan fingerprint density at radius 1 is 1.41 bits per heavy atom. The molecule has 1 unspecified atom stereocenters. The minimum Gasteiger partial charge on any atom is -0.461 e. The predicted octanol–water partition coefficient (Wildman–Crippen LogP) is -2.32. The van der Waals surface area contributed by atoms with Crippen LogP contribution < -0.4 is 22.3 Å². The quantitative estimate of drug-likeness (QED) is 0.264. The molecule has 0 saturated carbocycles. The maximum Gasteiger partial charge on any atom is 0.328 e. The summed E-state index contributed by atoms with van der Waals surface area (Å²) in [6, 6.07) is -0.873. The fraction of sp³-hybridized carbons (Fsp3) is 0.562. The van der Waals surface area contributed by atoms with E-state index in [1.54, 1.807) is 13.8 Å². The van der Waals surface area contributed by atoms with Crippen LogP contribution in [0.25, 0.3) is 11.2 Å². The molecule has 7 N–H and O–H groups in total. The molecule has 0 radical (unpaired) electrons. The lowest BCUT2D eigenvalue weighted by Crippen LogP contribution is -2.48. The van der Waals surface area contributed by atoms with Crippen LogP contribution in [0.3, 0.4) is 0 Å². The van der Waals surface area contributed by atoms with Gasteiger partial charge in [0.2, 0.25) is 11.9 Å². The van der Waals surface area contributed by atoms with E-state index in [9.17, 15) is 19.5 Å². The van der Waals surface area contributed by atoms with Crippen molar-refractivity contribution in [2.75, 3.05) is 25.5 Å². The van der Waals surface area contributed by atoms with E-state index >= 15 is 0 Å². The maximum atomic E-state index is 12.2. The van der Waals surface area contributed by atoms with Gasteiger partial charge in [-0.1, -0.05) is 13.8 Å². The normalized spacial score (nSPS) is 13.4. The number of hydrogen-bond donors (Lipinski definition) is 5. The van der Waals surface area contributed by atoms with Gasteiger partial charge in [0.25, 0.3) is 5.56 Å². The molecule has 0 aromatic carbocycles. The SMILES string of the molecule is CC(C)[C@H](NC(=O)CN)C(=O)OCC(CO)OCn1cnc2c(=O)[nH]c(N)nc21. The lowest BCUT2D eigenvalue weighted by molar-refractivity contribution is -0.155. The van der Waals surface area contributed by atoms with E-state index < -0.39 is 36.2 Å². The van der Waals surface area contributed by atoms with Crippen molar-refractivity contribution < 1.29 is 24.2 Å². The molecule has 13 nitrogen and oxygen atoms in total. The lowest BCUT2D eigenvalue weighted by Gasteiger charge is -2.22. The number of nitrogens with two attached hydrogens (primary N) is 2. The Bertz CT molecular complexity index is 909. The number of carbonyl (C=O) groups is 2. The van der Waals surface area contributed by atoms with Crippen molar-refractivity contribution in [3.8, 4) is 0 Å². The highest BCUT2D eigenvalue weighted by atomic mass is 16.6. The summed E-state index contributed by atoms with van der Waals surface area (Å²) >= 11 is 0. The molecule has 13 heteroatoms. The van der Waals surface area contributed by atoms with E-state index in [1.165, 1.54) is 10.9 Å². The molecular weight excluding hydrogens is 386 g/mol. The number of aliphatic hydroxyl groups excluding tert-OH is 1. The molecule has 0 aliphatic heterocycles. The van der Waals surface area contributed by atoms with Gasteiger partial charge in [-0.15, -0.1) is 0 Å². The fourth-order valence-corrected chi connectivity index (χ4v) is 2.40. The molecule has 2 atom stereocenters. The van der Waals surface area contributed by atoms with Gasteiger partial charge in [0.1, 0.15) is 25.5 Å². The van der Waals surface area contributed by atoms with E-state index in [2.05, 4.69) is 20.3 Å². The second-order valence-electron chi connectivity index (χ2n) is 6.56. The monoisotopic (exact) mass is 411 g/mol. The van der Waals surface area contributed by atoms with Gasteiger partial charge in [-0.05, 0) is 5.92 Å². The summed E-state index contributed by atoms with van der Waals surface area (Å²) in [6.45, 7) is 2.43. The summed E-state index contributed by atoms with van der Waals surface area (Å²) in [5.41, 5.74) is 10.6. The molecule has 2 rings (SSSR count). The smallest absolute Gasteiger partial charge is 0.328 e. The number of hydrogen-bond acceptors (Lipinski definition) is 10. The first-order chi connectivity index (χ1) is 13.8. The molecule has 2 heterocycles. The fourth-order valence-electron chi connectivity index (χ4n) is 2.40. The molecule has 0 aliphatic rings. The van der Waals surface area contributed by atoms with Crippen LogP contribution >= 0.6 is 0 Å². The number of fused-ring (bicyclic) bond motifs is 1. The van der Waals surface area contributed by atoms with Gasteiger partial charge in [-0.2, -0.15) is 4.98 Å². The molecule has 2 aromatic heterocycles. The molecule has 0 saturated heterocycles. The number of aromatic nitrogens is 4. The zero-order valence-corrected chi connectivity index (χ0v) is 16.1. The average molecular weight is 411 g/mol. The lowest BCUT2D eigenvalue weighted by atomic mass is 10.0. The van der Waals surface area contributed by atoms with E-state index in [0.29, 0.717) is 0 Å². The van der Waals surface area contributed by atoms with Crippen molar-refractivity contribution in [3.63, 3.8) is 0 Å². The Balaban J connectivity index is 1.96. The summed E-state index contributed by atoms with van der Waals surface area (Å²) in [6.07, 6.45) is 0.484. The predicted molar refractivity (Wildman–Crippen MR) is 101 cm³/mol. The first-order valence-corrected chi connectivity index (χ1v) is 8.86. The number of esters is 1. The second kappa shape index (κ2) is 9.95. The first kappa shape index (κ1) is 22.3. The number of aromatic amines is 1. The van der Waals surface area contributed by atoms with Crippen molar-refractivity contribution in [2.24, 2.45) is 11.7 Å². The number of rotatable bonds is 10. The third-order valence-electron chi connectivity index (χ3n) is 3.98. The van der Waals surface area contributed by atoms with Gasteiger partial charge in [0, 0.05) is 0 Å². The Kier molecular flexibility index (Phi) is 7.64. The largest absolute Gasteiger partial charge is 0.461 e. The highest BCUT2D eigenvalue weighted by Crippen LogP contribution is 2.09. The van der Waals surface area contributed by atoms with Crippen LogP contribution in [-0.2, 0) is 25.8 Å². The Morgan fingerprint density at radius 2 is 2.14 bits per heavy atom. The minimum atomic E-state index is -0.873. The summed E-state index contributed by atoms with van der Waals surface area (Å²) in [4.78, 5) is 45.7. The number of imidazole rings is 1. The summed E-state index contributed by atoms with van der Waals surface area (Å²) in [5, 5.41) is 12.0. The van der Waals surface area contributed by atoms with Crippen LogP contribution in [0.1, 0.15) is 13.8 Å². The van der Waals surface area contributed by atoms with E-state index in [1.807, 2.05) is 0 Å². The van der Waals surface area contributed by atoms with Crippen LogP contribution in [0.5, 0.6) is 0 Å². The first-order valence-electron chi connectivity index (χ1n) is 8.86. The summed E-state index contributed by atoms with van der Waals surface area (Å²) in [7, 11) is 0. The number of amides is 1. The molecule has 0 spiro atoms. The highest BCUT2D eigenvalue weighted by molar-refractivity contribution is 5.85. The number of nitrogens with one attached hydrogen (secondary N) is 2. The van der Waals surface area contributed by atoms with Gasteiger partial charge in [0.05, 0.1) is 19.5 Å². The summed E-state index contributed by atoms with van der Waals surface area (Å²) in [5.74, 6) is -1.45. The number of carbonyl (C=O) groups excluding carboxylic acids is 2. The molecule has 2 aromatic rings. The number of anilines is 1. The molecule has 1 amide bonds. The zero-order valence-electron chi connectivity index (χ0n) is 16.1. The third-order valence-corrected chi connectivity index (χ3v) is 3.98. The molecule has 0 fully saturated rings. The van der Waals surface area contributed by atoms with Crippen molar-refractivity contribution in [2.45, 2.75) is 32.7 Å². The second-order valence-corrected chi connectivity index (χ2v) is 6.56. The van der Waals surface area contributed by atoms with E-state index in [-0.39, 0.29) is 42.9 Å². The van der Waals surface area contributed by atoms with Crippen molar-refractivity contribution in [3.05, 3.63) is 16.7 Å². The van der Waals surface area contributed by atoms with Gasteiger partial charge in [-0.3, -0.25) is 19.1 Å². The Hall–Kier alpha value is -3.03. The summed E-state index contributed by atoms with van der Waals surface area (Å²) < 4.78 is 12.1. The standard InChI is InChI=1S/C16H25N7O6/c1-8(2)11(20-10(25)3-17)15(27)28-5-9(4-24)29-7-23-6-19-12-13(23)21-16(18)22-14(12)26/h6,8-9,11,24H,3-5,7,17H2,1-2H3,(H,20,25)(H3,18,21,22,26)/t9?,11-/m0/s1. The zero-order chi connectivity index (χ0) is 21.6. The van der Waals surface area contributed by atoms with Crippen molar-refractivity contribution >= 4 is 29.0 Å². The van der Waals surface area contributed by atoms with Crippen molar-refractivity contribution in [1.82, 2.24) is 24.8 Å². The maximum absolute atomic E-state index is 12.2. The highest BCUT2D eigenvalue weighted by Gasteiger charge is 2.26. The van der Waals surface area contributed by atoms with E-state index in [4.69, 9.17) is 20.9 Å². The minimum absolute atomic E-state index is 0.0730. The van der Waals surface area contributed by atoms with E-state index in [0.717, 1.165) is 0 Å². The van der Waals surface area contributed by atoms with Gasteiger partial charge < -0.3 is 31.4 Å². The van der Waals surface area contributed by atoms with Crippen LogP contribution in [0, 0.1) is 5.92 Å². The number of ether oxygens (including phenoxy) is 2. The molecule has 29 heavy (non-hydrogen) atoms. The number of nitrogen functional groups attached to an aromatic ring is 1. The average Bonchev–Trinajstić information content (AvgIpc) is 3.08. The number of H-pyrrole nitrogens is 1. The Labute approximate surface area is 165 Å². The molecule has 0 aliphatic carbocycles. The van der Waals surface area contributed by atoms with Gasteiger partial charge in [-0.25, -0.2) is 9.78 Å². The van der Waals surface area contributed by atoms with Gasteiger partial charge >= 0.3 is 5.97 Å². The number of nitrogens with zero attached hydrogens (tertiary/aromatic N) is 3. The molecule has 160 valence electrons. The van der Waals surface area contributed by atoms with Crippen LogP contribution in [-0.4, -0.2) is 68.4 Å². The van der Waals surface area contributed by atoms with Crippen LogP contribution in [0.15, 0.2) is 11.1 Å².